The Morgan fingerprint density at radius 1 is 1.11 bits per heavy atom. The molecule has 0 saturated carbocycles. The number of benzene rings is 3. The molecule has 3 aromatic rings. The minimum absolute atomic E-state index is 0.121. The quantitative estimate of drug-likeness (QED) is 0.445. The van der Waals surface area contributed by atoms with Gasteiger partial charge in [0.05, 0.1) is 18.3 Å². The molecule has 2 aliphatic heterocycles. The number of ether oxygens (including phenoxy) is 1. The molecule has 0 aromatic heterocycles. The number of carbonyl (C=O) groups excluding carboxylic acids is 3. The molecule has 2 amide bonds. The highest BCUT2D eigenvalue weighted by molar-refractivity contribution is 8.15. The second-order valence-electron chi connectivity index (χ2n) is 8.45. The maximum Gasteiger partial charge on any atom is 0.408 e. The lowest BCUT2D eigenvalue weighted by Gasteiger charge is -2.21. The van der Waals surface area contributed by atoms with Crippen molar-refractivity contribution < 1.29 is 19.1 Å². The van der Waals surface area contributed by atoms with Gasteiger partial charge in [-0.3, -0.25) is 9.69 Å². The van der Waals surface area contributed by atoms with Gasteiger partial charge >= 0.3 is 6.09 Å². The number of rotatable bonds is 6. The number of amides is 2. The fourth-order valence-corrected chi connectivity index (χ4v) is 4.90. The van der Waals surface area contributed by atoms with Crippen molar-refractivity contribution in [3.63, 3.8) is 0 Å². The van der Waals surface area contributed by atoms with Gasteiger partial charge in [-0.15, -0.1) is 0 Å². The summed E-state index contributed by atoms with van der Waals surface area (Å²) in [5, 5.41) is 6.08. The molecule has 190 valence electrons. The van der Waals surface area contributed by atoms with Crippen LogP contribution in [0.2, 0.25) is 0 Å². The Morgan fingerprint density at radius 2 is 1.81 bits per heavy atom. The van der Waals surface area contributed by atoms with E-state index in [1.165, 1.54) is 11.8 Å². The number of anilines is 1. The first-order chi connectivity index (χ1) is 18.0. The fraction of sp³-hybridized carbons (Fsp3) is 0.214. The van der Waals surface area contributed by atoms with Gasteiger partial charge in [0, 0.05) is 12.7 Å². The van der Waals surface area contributed by atoms with Crippen molar-refractivity contribution in [2.45, 2.75) is 31.4 Å². The molecule has 0 bridgehead atoms. The first-order valence-corrected chi connectivity index (χ1v) is 12.7. The molecule has 0 aliphatic carbocycles. The zero-order valence-electron chi connectivity index (χ0n) is 20.6. The number of fused-ring (bicyclic) bond motifs is 2. The van der Waals surface area contributed by atoms with Crippen LogP contribution in [-0.2, 0) is 27.5 Å². The number of aldehydes is 1. The molecule has 1 unspecified atom stereocenters. The molecule has 2 atom stereocenters. The third kappa shape index (κ3) is 6.56. The lowest BCUT2D eigenvalue weighted by Crippen LogP contribution is -2.33. The van der Waals surface area contributed by atoms with E-state index in [9.17, 15) is 14.4 Å². The fourth-order valence-electron chi connectivity index (χ4n) is 3.73. The zero-order valence-corrected chi connectivity index (χ0v) is 21.4. The van der Waals surface area contributed by atoms with Crippen molar-refractivity contribution in [1.29, 1.82) is 0 Å². The molecule has 2 aliphatic rings. The van der Waals surface area contributed by atoms with Crippen LogP contribution in [0, 0.1) is 0 Å². The van der Waals surface area contributed by atoms with Crippen molar-refractivity contribution in [3.8, 4) is 0 Å². The minimum Gasteiger partial charge on any atom is -0.445 e. The third-order valence-electron chi connectivity index (χ3n) is 5.75. The number of para-hydroxylation sites is 1. The summed E-state index contributed by atoms with van der Waals surface area (Å²) in [5.41, 5.74) is 5.05. The summed E-state index contributed by atoms with van der Waals surface area (Å²) in [4.78, 5) is 40.5. The average molecular weight is 517 g/mol. The molecular formula is C28H28N4O4S. The number of aliphatic imine (C=N–C) groups is 1. The summed E-state index contributed by atoms with van der Waals surface area (Å²) in [7, 11) is 1.89. The van der Waals surface area contributed by atoms with Crippen LogP contribution in [0.4, 0.5) is 16.2 Å². The molecule has 8 nitrogen and oxygen atoms in total. The van der Waals surface area contributed by atoms with Crippen molar-refractivity contribution in [2.75, 3.05) is 12.4 Å². The first-order valence-electron chi connectivity index (χ1n) is 11.8. The first kappa shape index (κ1) is 26.0. The summed E-state index contributed by atoms with van der Waals surface area (Å²) in [6, 6.07) is 24.8. The van der Waals surface area contributed by atoms with Crippen LogP contribution in [0.15, 0.2) is 83.9 Å². The lowest BCUT2D eigenvalue weighted by molar-refractivity contribution is -0.126. The molecule has 5 rings (SSSR count). The molecule has 1 saturated heterocycles. The van der Waals surface area contributed by atoms with Crippen molar-refractivity contribution >= 4 is 46.6 Å². The molecule has 0 spiro atoms. The van der Waals surface area contributed by atoms with E-state index in [1.54, 1.807) is 11.8 Å². The predicted octanol–water partition coefficient (Wildman–Crippen LogP) is 5.05. The van der Waals surface area contributed by atoms with E-state index in [-0.39, 0.29) is 17.8 Å². The van der Waals surface area contributed by atoms with Crippen LogP contribution < -0.4 is 10.6 Å². The number of nitrogens with zero attached hydrogens (tertiary/aromatic N) is 2. The predicted molar refractivity (Wildman–Crippen MR) is 146 cm³/mol. The van der Waals surface area contributed by atoms with Crippen LogP contribution in [0.1, 0.15) is 28.9 Å². The van der Waals surface area contributed by atoms with E-state index >= 15 is 0 Å². The Labute approximate surface area is 220 Å². The maximum atomic E-state index is 12.7. The van der Waals surface area contributed by atoms with E-state index in [4.69, 9.17) is 4.74 Å². The van der Waals surface area contributed by atoms with E-state index in [2.05, 4.69) is 15.6 Å². The summed E-state index contributed by atoms with van der Waals surface area (Å²) in [6.45, 7) is 2.40. The Hall–Kier alpha value is -4.11. The molecular weight excluding hydrogens is 488 g/mol. The minimum atomic E-state index is -0.585. The topological polar surface area (TPSA) is 100 Å². The monoisotopic (exact) mass is 516 g/mol. The Balaban J connectivity index is 0.000000188. The highest BCUT2D eigenvalue weighted by Gasteiger charge is 2.40. The number of hydrogen-bond acceptors (Lipinski definition) is 7. The SMILES string of the molecule is CNc1ccc(C2SC3=Nc4ccccc4CN3C2=O)cc1.C[C@@H](C=O)NC(=O)OCc1ccccc1. The van der Waals surface area contributed by atoms with Crippen LogP contribution >= 0.6 is 11.8 Å². The normalized spacial score (nSPS) is 16.3. The molecule has 0 radical (unpaired) electrons. The van der Waals surface area contributed by atoms with Crippen LogP contribution in [0.5, 0.6) is 0 Å². The summed E-state index contributed by atoms with van der Waals surface area (Å²) in [5.74, 6) is 0.121. The number of nitrogens with one attached hydrogen (secondary N) is 2. The highest BCUT2D eigenvalue weighted by Crippen LogP contribution is 2.44. The van der Waals surface area contributed by atoms with E-state index < -0.39 is 12.1 Å². The van der Waals surface area contributed by atoms with Gasteiger partial charge < -0.3 is 20.2 Å². The molecule has 1 fully saturated rings. The highest BCUT2D eigenvalue weighted by atomic mass is 32.2. The van der Waals surface area contributed by atoms with Crippen molar-refractivity contribution in [2.24, 2.45) is 4.99 Å². The summed E-state index contributed by atoms with van der Waals surface area (Å²) in [6.07, 6.45) is 0.0579. The lowest BCUT2D eigenvalue weighted by atomic mass is 10.1. The van der Waals surface area contributed by atoms with Gasteiger partial charge in [0.1, 0.15) is 18.1 Å². The van der Waals surface area contributed by atoms with Crippen LogP contribution in [-0.4, -0.2) is 41.4 Å². The summed E-state index contributed by atoms with van der Waals surface area (Å²) >= 11 is 1.54. The largest absolute Gasteiger partial charge is 0.445 e. The van der Waals surface area contributed by atoms with E-state index in [1.807, 2.05) is 85.9 Å². The van der Waals surface area contributed by atoms with Crippen molar-refractivity contribution in [3.05, 3.63) is 95.6 Å². The Morgan fingerprint density at radius 3 is 2.51 bits per heavy atom. The number of carbonyl (C=O) groups is 3. The zero-order chi connectivity index (χ0) is 26.2. The maximum absolute atomic E-state index is 12.7. The van der Waals surface area contributed by atoms with E-state index in [0.29, 0.717) is 12.8 Å². The Kier molecular flexibility index (Phi) is 8.58. The number of alkyl carbamates (subject to hydrolysis) is 1. The molecule has 2 heterocycles. The molecule has 3 aromatic carbocycles. The Bertz CT molecular complexity index is 1280. The van der Waals surface area contributed by atoms with Crippen LogP contribution in [0.25, 0.3) is 0 Å². The number of thioether (sulfide) groups is 1. The second kappa shape index (κ2) is 12.2. The van der Waals surface area contributed by atoms with Gasteiger partial charge in [-0.1, -0.05) is 72.4 Å². The molecule has 2 N–H and O–H groups in total. The molecule has 37 heavy (non-hydrogen) atoms. The number of hydrogen-bond donors (Lipinski definition) is 2. The standard InChI is InChI=1S/C17H15N3OS.C11H13NO3/c1-18-13-8-6-11(7-9-13)15-16(21)20-10-12-4-2-3-5-14(12)19-17(20)22-15;1-9(7-13)12-11(14)15-8-10-5-3-2-4-6-10/h2-9,15,18H,10H2,1H3;2-7,9H,8H2,1H3,(H,12,14)/t;9-/m.0/s1. The summed E-state index contributed by atoms with van der Waals surface area (Å²) < 4.78 is 4.89. The smallest absolute Gasteiger partial charge is 0.408 e. The van der Waals surface area contributed by atoms with Gasteiger partial charge in [-0.05, 0) is 41.8 Å². The number of amidine groups is 1. The van der Waals surface area contributed by atoms with Gasteiger partial charge in [0.25, 0.3) is 0 Å². The van der Waals surface area contributed by atoms with Gasteiger partial charge in [0.15, 0.2) is 5.17 Å². The van der Waals surface area contributed by atoms with E-state index in [0.717, 1.165) is 33.2 Å². The third-order valence-corrected chi connectivity index (χ3v) is 6.98. The second-order valence-corrected chi connectivity index (χ2v) is 9.52. The van der Waals surface area contributed by atoms with Gasteiger partial charge in [-0.2, -0.15) is 0 Å². The molecule has 9 heteroatoms. The van der Waals surface area contributed by atoms with Crippen LogP contribution in [0.3, 0.4) is 0 Å². The van der Waals surface area contributed by atoms with Gasteiger partial charge in [0.2, 0.25) is 5.91 Å². The average Bonchev–Trinajstić information content (AvgIpc) is 3.26. The van der Waals surface area contributed by atoms with Crippen molar-refractivity contribution in [1.82, 2.24) is 10.2 Å². The van der Waals surface area contributed by atoms with Gasteiger partial charge in [-0.25, -0.2) is 9.79 Å².